The number of halogens is 1. The summed E-state index contributed by atoms with van der Waals surface area (Å²) in [7, 11) is 0. The van der Waals surface area contributed by atoms with Crippen LogP contribution in [0.5, 0.6) is 0 Å². The summed E-state index contributed by atoms with van der Waals surface area (Å²) in [4.78, 5) is 4.66. The first-order chi connectivity index (χ1) is 11.3. The van der Waals surface area contributed by atoms with Crippen LogP contribution in [0, 0.1) is 5.82 Å². The highest BCUT2D eigenvalue weighted by molar-refractivity contribution is 5.96. The Kier molecular flexibility index (Phi) is 3.24. The molecule has 4 aromatic rings. The highest BCUT2D eigenvalue weighted by Gasteiger charge is 2.09. The van der Waals surface area contributed by atoms with E-state index in [0.717, 1.165) is 22.0 Å². The molecule has 0 radical (unpaired) electrons. The predicted octanol–water partition coefficient (Wildman–Crippen LogP) is 4.51. The second kappa shape index (κ2) is 5.53. The fourth-order valence-corrected chi connectivity index (χ4v) is 2.58. The van der Waals surface area contributed by atoms with Gasteiger partial charge in [-0.1, -0.05) is 36.4 Å². The molecule has 0 aliphatic rings. The molecule has 0 unspecified atom stereocenters. The fourth-order valence-electron chi connectivity index (χ4n) is 2.58. The molecule has 0 fully saturated rings. The minimum absolute atomic E-state index is 0.279. The monoisotopic (exact) mass is 304 g/mol. The van der Waals surface area contributed by atoms with Crippen LogP contribution in [0.4, 0.5) is 16.0 Å². The van der Waals surface area contributed by atoms with Gasteiger partial charge in [-0.2, -0.15) is 5.10 Å². The van der Waals surface area contributed by atoms with Crippen molar-refractivity contribution in [3.8, 4) is 11.3 Å². The molecule has 2 heterocycles. The topological polar surface area (TPSA) is 53.6 Å². The maximum atomic E-state index is 13.6. The van der Waals surface area contributed by atoms with E-state index in [4.69, 9.17) is 0 Å². The Labute approximate surface area is 132 Å². The molecule has 4 rings (SSSR count). The first kappa shape index (κ1) is 13.5. The quantitative estimate of drug-likeness (QED) is 0.585. The Balaban J connectivity index is 1.90. The van der Waals surface area contributed by atoms with Crippen molar-refractivity contribution in [3.63, 3.8) is 0 Å². The molecule has 0 bridgehead atoms. The van der Waals surface area contributed by atoms with Crippen LogP contribution in [0.15, 0.2) is 66.9 Å². The van der Waals surface area contributed by atoms with Gasteiger partial charge in [0.1, 0.15) is 11.6 Å². The average Bonchev–Trinajstić information content (AvgIpc) is 3.07. The van der Waals surface area contributed by atoms with E-state index in [1.165, 1.54) is 12.1 Å². The van der Waals surface area contributed by atoms with Crippen molar-refractivity contribution in [1.29, 1.82) is 0 Å². The van der Waals surface area contributed by atoms with Crippen molar-refractivity contribution in [3.05, 3.63) is 72.7 Å². The number of aromatic amines is 1. The van der Waals surface area contributed by atoms with Gasteiger partial charge in [-0.15, -0.1) is 0 Å². The lowest BCUT2D eigenvalue weighted by Crippen LogP contribution is -1.97. The number of anilines is 2. The molecule has 0 saturated heterocycles. The molecular weight excluding hydrogens is 291 g/mol. The zero-order valence-electron chi connectivity index (χ0n) is 12.1. The molecule has 5 heteroatoms. The third-order valence-electron chi connectivity index (χ3n) is 3.60. The first-order valence-electron chi connectivity index (χ1n) is 7.22. The lowest BCUT2D eigenvalue weighted by Gasteiger charge is -2.10. The predicted molar refractivity (Wildman–Crippen MR) is 89.0 cm³/mol. The summed E-state index contributed by atoms with van der Waals surface area (Å²) in [6, 6.07) is 18.2. The second-order valence-electron chi connectivity index (χ2n) is 5.17. The van der Waals surface area contributed by atoms with Gasteiger partial charge in [0, 0.05) is 23.2 Å². The number of nitrogens with zero attached hydrogens (tertiary/aromatic N) is 2. The highest BCUT2D eigenvalue weighted by atomic mass is 19.1. The van der Waals surface area contributed by atoms with Crippen LogP contribution in [0.25, 0.3) is 22.0 Å². The van der Waals surface area contributed by atoms with Crippen molar-refractivity contribution in [2.45, 2.75) is 0 Å². The SMILES string of the molecule is Fc1cccc(-c2nc(Nc3cc[nH]n3)cc3ccccc23)c1. The van der Waals surface area contributed by atoms with Crippen LogP contribution in [-0.4, -0.2) is 15.2 Å². The van der Waals surface area contributed by atoms with Crippen molar-refractivity contribution < 1.29 is 4.39 Å². The maximum absolute atomic E-state index is 13.6. The third kappa shape index (κ3) is 2.64. The van der Waals surface area contributed by atoms with Crippen molar-refractivity contribution in [2.75, 3.05) is 5.32 Å². The van der Waals surface area contributed by atoms with Gasteiger partial charge < -0.3 is 5.32 Å². The van der Waals surface area contributed by atoms with Gasteiger partial charge in [-0.05, 0) is 23.6 Å². The zero-order valence-corrected chi connectivity index (χ0v) is 12.1. The van der Waals surface area contributed by atoms with Crippen LogP contribution < -0.4 is 5.32 Å². The summed E-state index contributed by atoms with van der Waals surface area (Å²) in [6.07, 6.45) is 1.73. The Morgan fingerprint density at radius 2 is 1.83 bits per heavy atom. The summed E-state index contributed by atoms with van der Waals surface area (Å²) in [5.41, 5.74) is 1.48. The molecule has 0 aliphatic heterocycles. The minimum Gasteiger partial charge on any atom is -0.323 e. The van der Waals surface area contributed by atoms with Crippen molar-refractivity contribution in [1.82, 2.24) is 15.2 Å². The van der Waals surface area contributed by atoms with E-state index in [0.29, 0.717) is 11.6 Å². The number of benzene rings is 2. The molecular formula is C18H13FN4. The van der Waals surface area contributed by atoms with Gasteiger partial charge >= 0.3 is 0 Å². The number of fused-ring (bicyclic) bond motifs is 1. The largest absolute Gasteiger partial charge is 0.323 e. The van der Waals surface area contributed by atoms with Crippen LogP contribution in [0.3, 0.4) is 0 Å². The van der Waals surface area contributed by atoms with Gasteiger partial charge in [0.05, 0.1) is 5.69 Å². The first-order valence-corrected chi connectivity index (χ1v) is 7.22. The Bertz CT molecular complexity index is 964. The lowest BCUT2D eigenvalue weighted by molar-refractivity contribution is 0.628. The molecule has 2 N–H and O–H groups in total. The molecule has 0 atom stereocenters. The molecule has 112 valence electrons. The van der Waals surface area contributed by atoms with E-state index in [-0.39, 0.29) is 5.82 Å². The molecule has 0 spiro atoms. The zero-order chi connectivity index (χ0) is 15.6. The van der Waals surface area contributed by atoms with Crippen molar-refractivity contribution in [2.24, 2.45) is 0 Å². The standard InChI is InChI=1S/C18H13FN4/c19-14-6-3-5-13(10-14)18-15-7-2-1-4-12(15)11-17(22-18)21-16-8-9-20-23-16/h1-11H,(H2,20,21,22,23). The van der Waals surface area contributed by atoms with Gasteiger partial charge in [0.2, 0.25) is 0 Å². The smallest absolute Gasteiger partial charge is 0.153 e. The third-order valence-corrected chi connectivity index (χ3v) is 3.60. The number of hydrogen-bond donors (Lipinski definition) is 2. The summed E-state index contributed by atoms with van der Waals surface area (Å²) in [6.45, 7) is 0. The number of H-pyrrole nitrogens is 1. The molecule has 4 nitrogen and oxygen atoms in total. The average molecular weight is 304 g/mol. The fraction of sp³-hybridized carbons (Fsp3) is 0. The minimum atomic E-state index is -0.279. The van der Waals surface area contributed by atoms with Gasteiger partial charge in [0.15, 0.2) is 5.82 Å². The Morgan fingerprint density at radius 1 is 0.913 bits per heavy atom. The van der Waals surface area contributed by atoms with Crippen LogP contribution >= 0.6 is 0 Å². The number of aromatic nitrogens is 3. The van der Waals surface area contributed by atoms with Crippen LogP contribution in [0.2, 0.25) is 0 Å². The van der Waals surface area contributed by atoms with E-state index in [2.05, 4.69) is 20.5 Å². The van der Waals surface area contributed by atoms with Crippen molar-refractivity contribution >= 4 is 22.4 Å². The lowest BCUT2D eigenvalue weighted by atomic mass is 10.0. The summed E-state index contributed by atoms with van der Waals surface area (Å²) >= 11 is 0. The molecule has 0 saturated carbocycles. The molecule has 23 heavy (non-hydrogen) atoms. The second-order valence-corrected chi connectivity index (χ2v) is 5.17. The normalized spacial score (nSPS) is 10.8. The number of rotatable bonds is 3. The molecule has 0 amide bonds. The van der Waals surface area contributed by atoms with Crippen LogP contribution in [0.1, 0.15) is 0 Å². The van der Waals surface area contributed by atoms with E-state index < -0.39 is 0 Å². The molecule has 2 aromatic carbocycles. The van der Waals surface area contributed by atoms with E-state index >= 15 is 0 Å². The maximum Gasteiger partial charge on any atom is 0.153 e. The number of hydrogen-bond acceptors (Lipinski definition) is 3. The van der Waals surface area contributed by atoms with Crippen LogP contribution in [-0.2, 0) is 0 Å². The summed E-state index contributed by atoms with van der Waals surface area (Å²) in [5.74, 6) is 1.06. The molecule has 2 aromatic heterocycles. The summed E-state index contributed by atoms with van der Waals surface area (Å²) in [5, 5.41) is 12.0. The van der Waals surface area contributed by atoms with E-state index in [1.54, 1.807) is 12.3 Å². The Morgan fingerprint density at radius 3 is 2.65 bits per heavy atom. The number of nitrogens with one attached hydrogen (secondary N) is 2. The van der Waals surface area contributed by atoms with Gasteiger partial charge in [-0.25, -0.2) is 9.37 Å². The van der Waals surface area contributed by atoms with E-state index in [9.17, 15) is 4.39 Å². The molecule has 0 aliphatic carbocycles. The highest BCUT2D eigenvalue weighted by Crippen LogP contribution is 2.30. The van der Waals surface area contributed by atoms with Gasteiger partial charge in [0.25, 0.3) is 0 Å². The Hall–Kier alpha value is -3.21. The van der Waals surface area contributed by atoms with Gasteiger partial charge in [-0.3, -0.25) is 5.10 Å². The summed E-state index contributed by atoms with van der Waals surface area (Å²) < 4.78 is 13.6. The van der Waals surface area contributed by atoms with E-state index in [1.807, 2.05) is 42.5 Å². The number of pyridine rings is 1.